The monoisotopic (exact) mass is 331 g/mol. The number of primary amides is 1. The van der Waals surface area contributed by atoms with E-state index in [1.165, 1.54) is 9.13 Å². The molecule has 23 heavy (non-hydrogen) atoms. The van der Waals surface area contributed by atoms with Crippen LogP contribution < -0.4 is 11.4 Å². The standard InChI is InChI=1S/C15H17N5O2S/c1-8-17-7-11(23-8)9-5-10-12(18-6-9)19(4)14(22)20(10)15(2,3)13(16)21/h5-7H,1-4H3,(H2,16,21). The molecular weight excluding hydrogens is 314 g/mol. The summed E-state index contributed by atoms with van der Waals surface area (Å²) in [6, 6.07) is 1.85. The number of hydrogen-bond acceptors (Lipinski definition) is 5. The zero-order valence-corrected chi connectivity index (χ0v) is 14.1. The molecule has 0 bridgehead atoms. The highest BCUT2D eigenvalue weighted by molar-refractivity contribution is 7.15. The molecule has 0 saturated carbocycles. The van der Waals surface area contributed by atoms with E-state index >= 15 is 0 Å². The lowest BCUT2D eigenvalue weighted by atomic mass is 10.0. The van der Waals surface area contributed by atoms with Crippen LogP contribution in [0.4, 0.5) is 0 Å². The SMILES string of the molecule is Cc1ncc(-c2cnc3c(c2)n(C(C)(C)C(N)=O)c(=O)n3C)s1. The maximum Gasteiger partial charge on any atom is 0.331 e. The molecule has 3 aromatic heterocycles. The molecule has 7 nitrogen and oxygen atoms in total. The van der Waals surface area contributed by atoms with Crippen LogP contribution >= 0.6 is 11.3 Å². The normalized spacial score (nSPS) is 12.0. The van der Waals surface area contributed by atoms with E-state index in [4.69, 9.17) is 5.73 Å². The second kappa shape index (κ2) is 5.02. The van der Waals surface area contributed by atoms with Crippen molar-refractivity contribution < 1.29 is 4.79 Å². The Morgan fingerprint density at radius 3 is 2.57 bits per heavy atom. The molecule has 2 N–H and O–H groups in total. The summed E-state index contributed by atoms with van der Waals surface area (Å²) in [7, 11) is 1.63. The Bertz CT molecular complexity index is 980. The van der Waals surface area contributed by atoms with Gasteiger partial charge < -0.3 is 5.73 Å². The molecule has 0 fully saturated rings. The Morgan fingerprint density at radius 1 is 1.30 bits per heavy atom. The van der Waals surface area contributed by atoms with Crippen LogP contribution in [0.1, 0.15) is 18.9 Å². The molecule has 8 heteroatoms. The fraction of sp³-hybridized carbons (Fsp3) is 0.333. The van der Waals surface area contributed by atoms with Gasteiger partial charge in [-0.05, 0) is 26.8 Å². The van der Waals surface area contributed by atoms with Gasteiger partial charge in [-0.1, -0.05) is 0 Å². The van der Waals surface area contributed by atoms with Crippen LogP contribution in [-0.4, -0.2) is 25.0 Å². The third kappa shape index (κ3) is 2.26. The van der Waals surface area contributed by atoms with Gasteiger partial charge in [0.1, 0.15) is 5.54 Å². The van der Waals surface area contributed by atoms with E-state index < -0.39 is 11.4 Å². The Hall–Kier alpha value is -2.48. The average molecular weight is 331 g/mol. The maximum absolute atomic E-state index is 12.6. The molecule has 0 aliphatic rings. The van der Waals surface area contributed by atoms with Gasteiger partial charge >= 0.3 is 5.69 Å². The minimum atomic E-state index is -1.15. The number of amides is 1. The summed E-state index contributed by atoms with van der Waals surface area (Å²) in [5, 5.41) is 0.947. The zero-order chi connectivity index (χ0) is 16.9. The van der Waals surface area contributed by atoms with Crippen LogP contribution in [0.2, 0.25) is 0 Å². The highest BCUT2D eigenvalue weighted by Crippen LogP contribution is 2.28. The first kappa shape index (κ1) is 15.4. The third-order valence-electron chi connectivity index (χ3n) is 3.95. The Morgan fingerprint density at radius 2 is 2.00 bits per heavy atom. The van der Waals surface area contributed by atoms with E-state index in [0.717, 1.165) is 15.4 Å². The zero-order valence-electron chi connectivity index (χ0n) is 13.3. The van der Waals surface area contributed by atoms with Crippen molar-refractivity contribution in [1.29, 1.82) is 0 Å². The van der Waals surface area contributed by atoms with Crippen molar-refractivity contribution in [2.75, 3.05) is 0 Å². The molecule has 0 aliphatic carbocycles. The van der Waals surface area contributed by atoms with Gasteiger partial charge in [-0.25, -0.2) is 14.8 Å². The molecule has 0 aromatic carbocycles. The van der Waals surface area contributed by atoms with Crippen molar-refractivity contribution in [3.63, 3.8) is 0 Å². The number of nitrogens with two attached hydrogens (primary N) is 1. The summed E-state index contributed by atoms with van der Waals surface area (Å²) in [6.45, 7) is 5.17. The summed E-state index contributed by atoms with van der Waals surface area (Å²) < 4.78 is 2.82. The van der Waals surface area contributed by atoms with Crippen molar-refractivity contribution in [3.05, 3.63) is 34.0 Å². The van der Waals surface area contributed by atoms with E-state index in [-0.39, 0.29) is 5.69 Å². The molecule has 3 rings (SSSR count). The van der Waals surface area contributed by atoms with Crippen LogP contribution in [0.15, 0.2) is 23.3 Å². The van der Waals surface area contributed by atoms with Crippen molar-refractivity contribution in [1.82, 2.24) is 19.1 Å². The quantitative estimate of drug-likeness (QED) is 0.784. The molecule has 0 aliphatic heterocycles. The Balaban J connectivity index is 2.34. The first-order chi connectivity index (χ1) is 10.7. The topological polar surface area (TPSA) is 95.8 Å². The minimum Gasteiger partial charge on any atom is -0.368 e. The van der Waals surface area contributed by atoms with Crippen LogP contribution in [0.3, 0.4) is 0 Å². The molecule has 0 spiro atoms. The predicted octanol–water partition coefficient (Wildman–Crippen LogP) is 1.39. The van der Waals surface area contributed by atoms with E-state index in [1.807, 2.05) is 13.0 Å². The Labute approximate surface area is 136 Å². The number of carbonyl (C=O) groups is 1. The molecule has 3 heterocycles. The van der Waals surface area contributed by atoms with Gasteiger partial charge in [0.05, 0.1) is 15.4 Å². The average Bonchev–Trinajstić information content (AvgIpc) is 3.02. The molecule has 1 amide bonds. The minimum absolute atomic E-state index is 0.325. The van der Waals surface area contributed by atoms with Gasteiger partial charge in [0.2, 0.25) is 5.91 Å². The lowest BCUT2D eigenvalue weighted by molar-refractivity contribution is -0.125. The number of thiazole rings is 1. The summed E-state index contributed by atoms with van der Waals surface area (Å²) in [4.78, 5) is 34.0. The van der Waals surface area contributed by atoms with Gasteiger partial charge in [-0.3, -0.25) is 13.9 Å². The van der Waals surface area contributed by atoms with Crippen LogP contribution in [0.25, 0.3) is 21.6 Å². The van der Waals surface area contributed by atoms with Crippen molar-refractivity contribution in [2.45, 2.75) is 26.3 Å². The number of rotatable bonds is 3. The van der Waals surface area contributed by atoms with Gasteiger partial charge in [0, 0.05) is 25.0 Å². The van der Waals surface area contributed by atoms with Crippen molar-refractivity contribution >= 4 is 28.4 Å². The lowest BCUT2D eigenvalue weighted by Crippen LogP contribution is -2.46. The molecule has 0 saturated heterocycles. The summed E-state index contributed by atoms with van der Waals surface area (Å²) in [5.74, 6) is -0.578. The number of aromatic nitrogens is 4. The number of carbonyl (C=O) groups excluding carboxylic acids is 1. The fourth-order valence-corrected chi connectivity index (χ4v) is 3.25. The van der Waals surface area contributed by atoms with E-state index in [9.17, 15) is 9.59 Å². The summed E-state index contributed by atoms with van der Waals surface area (Å²) >= 11 is 1.54. The second-order valence-corrected chi connectivity index (χ2v) is 7.15. The number of hydrogen-bond donors (Lipinski definition) is 1. The largest absolute Gasteiger partial charge is 0.368 e. The van der Waals surface area contributed by atoms with Gasteiger partial charge in [-0.2, -0.15) is 0 Å². The van der Waals surface area contributed by atoms with Gasteiger partial charge in [0.25, 0.3) is 0 Å². The lowest BCUT2D eigenvalue weighted by Gasteiger charge is -2.22. The maximum atomic E-state index is 12.6. The number of pyridine rings is 1. The van der Waals surface area contributed by atoms with Crippen LogP contribution in [-0.2, 0) is 17.4 Å². The third-order valence-corrected chi connectivity index (χ3v) is 4.91. The highest BCUT2D eigenvalue weighted by Gasteiger charge is 2.32. The first-order valence-electron chi connectivity index (χ1n) is 7.04. The van der Waals surface area contributed by atoms with Crippen LogP contribution in [0, 0.1) is 6.92 Å². The van der Waals surface area contributed by atoms with Crippen molar-refractivity contribution in [2.24, 2.45) is 12.8 Å². The predicted molar refractivity (Wildman–Crippen MR) is 89.3 cm³/mol. The van der Waals surface area contributed by atoms with E-state index in [1.54, 1.807) is 44.6 Å². The fourth-order valence-electron chi connectivity index (χ4n) is 2.49. The summed E-state index contributed by atoms with van der Waals surface area (Å²) in [5.41, 5.74) is 5.94. The van der Waals surface area contributed by atoms with E-state index in [0.29, 0.717) is 11.2 Å². The number of fused-ring (bicyclic) bond motifs is 1. The van der Waals surface area contributed by atoms with Crippen molar-refractivity contribution in [3.8, 4) is 10.4 Å². The first-order valence-corrected chi connectivity index (χ1v) is 7.86. The molecule has 120 valence electrons. The van der Waals surface area contributed by atoms with E-state index in [2.05, 4.69) is 9.97 Å². The summed E-state index contributed by atoms with van der Waals surface area (Å²) in [6.07, 6.45) is 3.48. The number of imidazole rings is 1. The Kier molecular flexibility index (Phi) is 3.36. The number of nitrogens with zero attached hydrogens (tertiary/aromatic N) is 4. The van der Waals surface area contributed by atoms with Gasteiger partial charge in [-0.15, -0.1) is 11.3 Å². The number of aryl methyl sites for hydroxylation is 2. The molecule has 0 atom stereocenters. The second-order valence-electron chi connectivity index (χ2n) is 5.91. The molecule has 3 aromatic rings. The molecular formula is C15H17N5O2S. The molecule has 0 radical (unpaired) electrons. The highest BCUT2D eigenvalue weighted by atomic mass is 32.1. The van der Waals surface area contributed by atoms with Crippen LogP contribution in [0.5, 0.6) is 0 Å². The smallest absolute Gasteiger partial charge is 0.331 e. The van der Waals surface area contributed by atoms with Gasteiger partial charge in [0.15, 0.2) is 5.65 Å². The molecule has 0 unspecified atom stereocenters.